The van der Waals surface area contributed by atoms with Gasteiger partial charge in [-0.05, 0) is 31.4 Å². The van der Waals surface area contributed by atoms with Crippen LogP contribution in [0.2, 0.25) is 0 Å². The second kappa shape index (κ2) is 6.81. The van der Waals surface area contributed by atoms with Crippen LogP contribution in [-0.2, 0) is 22.7 Å². The van der Waals surface area contributed by atoms with Crippen molar-refractivity contribution < 1.29 is 19.0 Å². The van der Waals surface area contributed by atoms with Crippen molar-refractivity contribution in [2.75, 3.05) is 6.61 Å². The highest BCUT2D eigenvalue weighted by atomic mass is 19.1. The third-order valence-electron chi connectivity index (χ3n) is 3.70. The molecule has 1 saturated heterocycles. The molecule has 0 unspecified atom stereocenters. The van der Waals surface area contributed by atoms with Crippen LogP contribution < -0.4 is 5.32 Å². The van der Waals surface area contributed by atoms with E-state index < -0.39 is 5.82 Å². The standard InChI is InChI=1S/C15H20FNO3/c1-10-13(3-2-6-20-10)15(19)17-8-11-4-5-12(9-18)14(16)7-11/h4-5,7,10,13,18H,2-3,6,8-9H2,1H3,(H,17,19)/t10-,13+/m1/s1. The number of amides is 1. The zero-order valence-corrected chi connectivity index (χ0v) is 11.6. The molecule has 0 aromatic heterocycles. The normalized spacial score (nSPS) is 22.6. The first-order valence-electron chi connectivity index (χ1n) is 6.89. The zero-order chi connectivity index (χ0) is 14.5. The molecule has 1 aliphatic rings. The van der Waals surface area contributed by atoms with E-state index in [0.29, 0.717) is 12.2 Å². The topological polar surface area (TPSA) is 58.6 Å². The zero-order valence-electron chi connectivity index (χ0n) is 11.6. The average Bonchev–Trinajstić information content (AvgIpc) is 2.45. The molecular formula is C15H20FNO3. The van der Waals surface area contributed by atoms with E-state index in [1.165, 1.54) is 12.1 Å². The largest absolute Gasteiger partial charge is 0.392 e. The molecule has 2 N–H and O–H groups in total. The molecule has 1 aromatic carbocycles. The van der Waals surface area contributed by atoms with Gasteiger partial charge in [0.15, 0.2) is 0 Å². The Kier molecular flexibility index (Phi) is 5.09. The van der Waals surface area contributed by atoms with Crippen molar-refractivity contribution in [3.8, 4) is 0 Å². The number of halogens is 1. The summed E-state index contributed by atoms with van der Waals surface area (Å²) in [6.07, 6.45) is 1.64. The molecule has 4 nitrogen and oxygen atoms in total. The maximum absolute atomic E-state index is 13.5. The predicted molar refractivity (Wildman–Crippen MR) is 72.3 cm³/mol. The molecule has 2 rings (SSSR count). The van der Waals surface area contributed by atoms with Crippen molar-refractivity contribution >= 4 is 5.91 Å². The van der Waals surface area contributed by atoms with Gasteiger partial charge >= 0.3 is 0 Å². The highest BCUT2D eigenvalue weighted by Crippen LogP contribution is 2.20. The number of hydrogen-bond donors (Lipinski definition) is 2. The number of aliphatic hydroxyl groups excluding tert-OH is 1. The average molecular weight is 281 g/mol. The van der Waals surface area contributed by atoms with E-state index in [2.05, 4.69) is 5.32 Å². The van der Waals surface area contributed by atoms with Gasteiger partial charge in [-0.25, -0.2) is 4.39 Å². The van der Waals surface area contributed by atoms with Crippen LogP contribution in [0.25, 0.3) is 0 Å². The molecule has 20 heavy (non-hydrogen) atoms. The Morgan fingerprint density at radius 2 is 2.35 bits per heavy atom. The van der Waals surface area contributed by atoms with Crippen molar-refractivity contribution in [3.05, 3.63) is 35.1 Å². The summed E-state index contributed by atoms with van der Waals surface area (Å²) in [5.41, 5.74) is 0.937. The second-order valence-corrected chi connectivity index (χ2v) is 5.13. The lowest BCUT2D eigenvalue weighted by atomic mass is 9.94. The van der Waals surface area contributed by atoms with Crippen LogP contribution in [0.4, 0.5) is 4.39 Å². The lowest BCUT2D eigenvalue weighted by Gasteiger charge is -2.28. The minimum absolute atomic E-state index is 0.0520. The Bertz CT molecular complexity index is 478. The van der Waals surface area contributed by atoms with Gasteiger partial charge in [0.05, 0.1) is 18.6 Å². The summed E-state index contributed by atoms with van der Waals surface area (Å²) < 4.78 is 19.0. The molecule has 2 atom stereocenters. The molecule has 1 amide bonds. The van der Waals surface area contributed by atoms with Gasteiger partial charge in [0.1, 0.15) is 5.82 Å². The minimum atomic E-state index is -0.450. The fourth-order valence-corrected chi connectivity index (χ4v) is 2.42. The fraction of sp³-hybridized carbons (Fsp3) is 0.533. The van der Waals surface area contributed by atoms with Gasteiger partial charge in [0.25, 0.3) is 0 Å². The summed E-state index contributed by atoms with van der Waals surface area (Å²) in [4.78, 5) is 12.1. The Balaban J connectivity index is 1.91. The molecule has 110 valence electrons. The summed E-state index contributed by atoms with van der Waals surface area (Å²) in [6.45, 7) is 2.57. The smallest absolute Gasteiger partial charge is 0.225 e. The van der Waals surface area contributed by atoms with Crippen LogP contribution in [0.1, 0.15) is 30.9 Å². The van der Waals surface area contributed by atoms with Crippen molar-refractivity contribution in [2.24, 2.45) is 5.92 Å². The molecule has 1 fully saturated rings. The van der Waals surface area contributed by atoms with E-state index >= 15 is 0 Å². The van der Waals surface area contributed by atoms with Crippen LogP contribution in [-0.4, -0.2) is 23.7 Å². The monoisotopic (exact) mass is 281 g/mol. The number of carbonyl (C=O) groups is 1. The molecule has 1 aromatic rings. The van der Waals surface area contributed by atoms with Crippen molar-refractivity contribution in [3.63, 3.8) is 0 Å². The molecule has 1 aliphatic heterocycles. The number of aliphatic hydroxyl groups is 1. The summed E-state index contributed by atoms with van der Waals surface area (Å²) in [5.74, 6) is -0.636. The maximum Gasteiger partial charge on any atom is 0.225 e. The first-order valence-corrected chi connectivity index (χ1v) is 6.89. The maximum atomic E-state index is 13.5. The minimum Gasteiger partial charge on any atom is -0.392 e. The number of carbonyl (C=O) groups excluding carboxylic acids is 1. The third kappa shape index (κ3) is 3.55. The predicted octanol–water partition coefficient (Wildman–Crippen LogP) is 1.75. The molecule has 0 radical (unpaired) electrons. The molecule has 0 aliphatic carbocycles. The number of benzene rings is 1. The van der Waals surface area contributed by atoms with Gasteiger partial charge < -0.3 is 15.2 Å². The van der Waals surface area contributed by atoms with Crippen molar-refractivity contribution in [1.29, 1.82) is 0 Å². The van der Waals surface area contributed by atoms with E-state index in [1.54, 1.807) is 6.07 Å². The molecule has 0 bridgehead atoms. The van der Waals surface area contributed by atoms with Gasteiger partial charge in [-0.2, -0.15) is 0 Å². The molecular weight excluding hydrogens is 261 g/mol. The Morgan fingerprint density at radius 1 is 1.55 bits per heavy atom. The Labute approximate surface area is 117 Å². The molecule has 5 heteroatoms. The van der Waals surface area contributed by atoms with E-state index in [-0.39, 0.29) is 36.6 Å². The highest BCUT2D eigenvalue weighted by molar-refractivity contribution is 5.79. The molecule has 0 spiro atoms. The summed E-state index contributed by atoms with van der Waals surface area (Å²) in [7, 11) is 0. The number of hydrogen-bond acceptors (Lipinski definition) is 3. The SMILES string of the molecule is C[C@H]1OCCC[C@@H]1C(=O)NCc1ccc(CO)c(F)c1. The second-order valence-electron chi connectivity index (χ2n) is 5.13. The van der Waals surface area contributed by atoms with Crippen LogP contribution in [0, 0.1) is 11.7 Å². The van der Waals surface area contributed by atoms with Gasteiger partial charge in [0.2, 0.25) is 5.91 Å². The fourth-order valence-electron chi connectivity index (χ4n) is 2.42. The summed E-state index contributed by atoms with van der Waals surface area (Å²) in [5, 5.41) is 11.7. The quantitative estimate of drug-likeness (QED) is 0.884. The van der Waals surface area contributed by atoms with Crippen LogP contribution in [0.15, 0.2) is 18.2 Å². The van der Waals surface area contributed by atoms with Gasteiger partial charge in [0, 0.05) is 18.7 Å². The lowest BCUT2D eigenvalue weighted by molar-refractivity contribution is -0.133. The van der Waals surface area contributed by atoms with Crippen LogP contribution in [0.3, 0.4) is 0 Å². The summed E-state index contributed by atoms with van der Waals surface area (Å²) >= 11 is 0. The van der Waals surface area contributed by atoms with E-state index in [4.69, 9.17) is 9.84 Å². The Hall–Kier alpha value is -1.46. The first-order chi connectivity index (χ1) is 9.61. The van der Waals surface area contributed by atoms with Crippen LogP contribution >= 0.6 is 0 Å². The Morgan fingerprint density at radius 3 is 3.00 bits per heavy atom. The highest BCUT2D eigenvalue weighted by Gasteiger charge is 2.28. The van der Waals surface area contributed by atoms with Crippen molar-refractivity contribution in [2.45, 2.75) is 39.0 Å². The van der Waals surface area contributed by atoms with Crippen molar-refractivity contribution in [1.82, 2.24) is 5.32 Å². The molecule has 1 heterocycles. The van der Waals surface area contributed by atoms with Gasteiger partial charge in [-0.3, -0.25) is 4.79 Å². The van der Waals surface area contributed by atoms with Crippen LogP contribution in [0.5, 0.6) is 0 Å². The molecule has 0 saturated carbocycles. The third-order valence-corrected chi connectivity index (χ3v) is 3.70. The summed E-state index contributed by atoms with van der Waals surface area (Å²) in [6, 6.07) is 4.57. The van der Waals surface area contributed by atoms with Gasteiger partial charge in [-0.15, -0.1) is 0 Å². The first kappa shape index (κ1) is 14.9. The number of ether oxygens (including phenoxy) is 1. The van der Waals surface area contributed by atoms with E-state index in [1.807, 2.05) is 6.92 Å². The van der Waals surface area contributed by atoms with E-state index in [0.717, 1.165) is 12.8 Å². The van der Waals surface area contributed by atoms with E-state index in [9.17, 15) is 9.18 Å². The number of nitrogens with one attached hydrogen (secondary N) is 1. The van der Waals surface area contributed by atoms with Gasteiger partial charge in [-0.1, -0.05) is 12.1 Å². The lowest BCUT2D eigenvalue weighted by Crippen LogP contribution is -2.39. The number of rotatable bonds is 4.